The molecule has 0 spiro atoms. The number of benzene rings is 2. The van der Waals surface area contributed by atoms with E-state index in [-0.39, 0.29) is 11.9 Å². The van der Waals surface area contributed by atoms with Crippen molar-refractivity contribution in [1.82, 2.24) is 15.2 Å². The maximum atomic E-state index is 12.7. The first-order valence-corrected chi connectivity index (χ1v) is 10.6. The van der Waals surface area contributed by atoms with E-state index in [1.807, 2.05) is 31.2 Å². The van der Waals surface area contributed by atoms with Crippen molar-refractivity contribution in [1.29, 1.82) is 0 Å². The second kappa shape index (κ2) is 9.27. The number of ether oxygens (including phenoxy) is 2. The Hall–Kier alpha value is -3.25. The zero-order valence-electron chi connectivity index (χ0n) is 18.3. The number of aromatic amines is 1. The van der Waals surface area contributed by atoms with Gasteiger partial charge in [0.15, 0.2) is 11.5 Å². The first kappa shape index (κ1) is 21.0. The van der Waals surface area contributed by atoms with Gasteiger partial charge < -0.3 is 19.8 Å². The van der Waals surface area contributed by atoms with Gasteiger partial charge >= 0.3 is 0 Å². The Bertz CT molecular complexity index is 1100. The molecule has 6 nitrogen and oxygen atoms in total. The molecule has 2 aromatic carbocycles. The summed E-state index contributed by atoms with van der Waals surface area (Å²) in [4.78, 5) is 18.3. The third kappa shape index (κ3) is 4.44. The van der Waals surface area contributed by atoms with Crippen LogP contribution in [-0.4, -0.2) is 49.1 Å². The Kier molecular flexibility index (Phi) is 6.28. The van der Waals surface area contributed by atoms with E-state index in [1.54, 1.807) is 14.2 Å². The number of aromatic nitrogens is 1. The molecule has 0 fully saturated rings. The van der Waals surface area contributed by atoms with Gasteiger partial charge in [0.05, 0.1) is 20.3 Å². The fraction of sp³-hybridized carbons (Fsp3) is 0.320. The van der Waals surface area contributed by atoms with Gasteiger partial charge in [-0.2, -0.15) is 0 Å². The predicted octanol–water partition coefficient (Wildman–Crippen LogP) is 3.98. The second-order valence-electron chi connectivity index (χ2n) is 7.81. The van der Waals surface area contributed by atoms with Gasteiger partial charge in [-0.15, -0.1) is 0 Å². The number of methoxy groups -OCH3 is 2. The van der Waals surface area contributed by atoms with Crippen LogP contribution < -0.4 is 14.8 Å². The summed E-state index contributed by atoms with van der Waals surface area (Å²) in [5.41, 5.74) is 4.73. The number of para-hydroxylation sites is 1. The van der Waals surface area contributed by atoms with Crippen molar-refractivity contribution < 1.29 is 14.3 Å². The third-order valence-electron chi connectivity index (χ3n) is 6.02. The molecule has 4 rings (SSSR count). The molecule has 0 radical (unpaired) electrons. The lowest BCUT2D eigenvalue weighted by molar-refractivity contribution is -0.125. The average Bonchev–Trinajstić information content (AvgIpc) is 3.26. The number of H-pyrrole nitrogens is 1. The summed E-state index contributed by atoms with van der Waals surface area (Å²) in [6, 6.07) is 13.8. The van der Waals surface area contributed by atoms with Crippen molar-refractivity contribution in [3.8, 4) is 11.5 Å². The quantitative estimate of drug-likeness (QED) is 0.608. The Morgan fingerprint density at radius 3 is 2.71 bits per heavy atom. The number of nitrogens with one attached hydrogen (secondary N) is 2. The number of rotatable bonds is 7. The van der Waals surface area contributed by atoms with Gasteiger partial charge in [-0.25, -0.2) is 0 Å². The number of hydrogen-bond acceptors (Lipinski definition) is 4. The summed E-state index contributed by atoms with van der Waals surface area (Å²) in [6.07, 6.45) is 5.26. The van der Waals surface area contributed by atoms with Gasteiger partial charge in [-0.05, 0) is 42.7 Å². The van der Waals surface area contributed by atoms with Gasteiger partial charge in [0.2, 0.25) is 5.91 Å². The molecule has 6 heteroatoms. The molecular formula is C25H29N3O3. The van der Waals surface area contributed by atoms with Crippen LogP contribution in [0.1, 0.15) is 24.5 Å². The molecule has 1 aliphatic rings. The van der Waals surface area contributed by atoms with E-state index >= 15 is 0 Å². The molecule has 162 valence electrons. The van der Waals surface area contributed by atoms with E-state index in [1.165, 1.54) is 16.5 Å². The average molecular weight is 420 g/mol. The lowest BCUT2D eigenvalue weighted by Crippen LogP contribution is -2.46. The SMILES string of the molecule is COc1ccc(CNC(=O)[C@H](C)N2CC=C(c3c[nH]c4ccccc34)CC2)cc1OC. The lowest BCUT2D eigenvalue weighted by Gasteiger charge is -2.31. The molecule has 1 atom stereocenters. The topological polar surface area (TPSA) is 66.6 Å². The van der Waals surface area contributed by atoms with Crippen molar-refractivity contribution in [2.45, 2.75) is 25.9 Å². The molecule has 1 amide bonds. The van der Waals surface area contributed by atoms with Gasteiger partial charge in [0, 0.05) is 42.3 Å². The van der Waals surface area contributed by atoms with Gasteiger partial charge in [0.25, 0.3) is 0 Å². The van der Waals surface area contributed by atoms with Crippen LogP contribution >= 0.6 is 0 Å². The van der Waals surface area contributed by atoms with Crippen LogP contribution in [0, 0.1) is 0 Å². The van der Waals surface area contributed by atoms with Crippen LogP contribution in [0.3, 0.4) is 0 Å². The van der Waals surface area contributed by atoms with E-state index in [0.717, 1.165) is 30.6 Å². The first-order chi connectivity index (χ1) is 15.1. The van der Waals surface area contributed by atoms with Crippen molar-refractivity contribution in [3.63, 3.8) is 0 Å². The van der Waals surface area contributed by atoms with Crippen molar-refractivity contribution >= 4 is 22.4 Å². The summed E-state index contributed by atoms with van der Waals surface area (Å²) in [6.45, 7) is 4.04. The van der Waals surface area contributed by atoms with Gasteiger partial charge in [-0.1, -0.05) is 30.3 Å². The molecule has 0 bridgehead atoms. The van der Waals surface area contributed by atoms with Crippen LogP contribution in [-0.2, 0) is 11.3 Å². The molecule has 1 aliphatic heterocycles. The Balaban J connectivity index is 1.36. The zero-order chi connectivity index (χ0) is 21.8. The highest BCUT2D eigenvalue weighted by Gasteiger charge is 2.24. The molecule has 0 aliphatic carbocycles. The number of fused-ring (bicyclic) bond motifs is 1. The van der Waals surface area contributed by atoms with Crippen molar-refractivity contribution in [2.75, 3.05) is 27.3 Å². The maximum Gasteiger partial charge on any atom is 0.237 e. The summed E-state index contributed by atoms with van der Waals surface area (Å²) in [7, 11) is 3.22. The fourth-order valence-corrected chi connectivity index (χ4v) is 4.11. The molecular weight excluding hydrogens is 390 g/mol. The minimum absolute atomic E-state index is 0.0266. The van der Waals surface area contributed by atoms with E-state index in [4.69, 9.17) is 9.47 Å². The van der Waals surface area contributed by atoms with Gasteiger partial charge in [0.1, 0.15) is 0 Å². The summed E-state index contributed by atoms with van der Waals surface area (Å²) < 4.78 is 10.6. The molecule has 1 aromatic heterocycles. The second-order valence-corrected chi connectivity index (χ2v) is 7.81. The number of carbonyl (C=O) groups is 1. The fourth-order valence-electron chi connectivity index (χ4n) is 4.11. The minimum atomic E-state index is -0.194. The van der Waals surface area contributed by atoms with E-state index in [2.05, 4.69) is 45.7 Å². The zero-order valence-corrected chi connectivity index (χ0v) is 18.3. The number of hydrogen-bond donors (Lipinski definition) is 2. The lowest BCUT2D eigenvalue weighted by atomic mass is 9.98. The summed E-state index contributed by atoms with van der Waals surface area (Å²) in [5, 5.41) is 4.30. The van der Waals surface area contributed by atoms with Crippen LogP contribution in [0.2, 0.25) is 0 Å². The monoisotopic (exact) mass is 419 g/mol. The van der Waals surface area contributed by atoms with Gasteiger partial charge in [-0.3, -0.25) is 9.69 Å². The van der Waals surface area contributed by atoms with Crippen LogP contribution in [0.4, 0.5) is 0 Å². The van der Waals surface area contributed by atoms with Crippen molar-refractivity contribution in [3.05, 3.63) is 65.9 Å². The molecule has 0 unspecified atom stereocenters. The predicted molar refractivity (Wildman–Crippen MR) is 123 cm³/mol. The van der Waals surface area contributed by atoms with E-state index in [9.17, 15) is 4.79 Å². The third-order valence-corrected chi connectivity index (χ3v) is 6.02. The van der Waals surface area contributed by atoms with Crippen LogP contribution in [0.25, 0.3) is 16.5 Å². The molecule has 2 heterocycles. The molecule has 0 saturated heterocycles. The molecule has 0 saturated carbocycles. The van der Waals surface area contributed by atoms with E-state index in [0.29, 0.717) is 18.0 Å². The summed E-state index contributed by atoms with van der Waals surface area (Å²) >= 11 is 0. The number of amides is 1. The normalized spacial score (nSPS) is 15.4. The highest BCUT2D eigenvalue weighted by atomic mass is 16.5. The Morgan fingerprint density at radius 2 is 1.97 bits per heavy atom. The van der Waals surface area contributed by atoms with Crippen LogP contribution in [0.15, 0.2) is 54.7 Å². The first-order valence-electron chi connectivity index (χ1n) is 10.6. The standard InChI is InChI=1S/C25H29N3O3/c1-17(25(29)27-15-18-8-9-23(30-2)24(14-18)31-3)28-12-10-19(11-13-28)21-16-26-22-7-5-4-6-20(21)22/h4-10,14,16-17,26H,11-13,15H2,1-3H3,(H,27,29)/t17-/m0/s1. The molecule has 3 aromatic rings. The minimum Gasteiger partial charge on any atom is -0.493 e. The molecule has 31 heavy (non-hydrogen) atoms. The number of nitrogens with zero attached hydrogens (tertiary/aromatic N) is 1. The van der Waals surface area contributed by atoms with E-state index < -0.39 is 0 Å². The maximum absolute atomic E-state index is 12.7. The Morgan fingerprint density at radius 1 is 1.16 bits per heavy atom. The van der Waals surface area contributed by atoms with Crippen LogP contribution in [0.5, 0.6) is 11.5 Å². The Labute approximate surface area is 182 Å². The largest absolute Gasteiger partial charge is 0.493 e. The molecule has 2 N–H and O–H groups in total. The highest BCUT2D eigenvalue weighted by Crippen LogP contribution is 2.30. The van der Waals surface area contributed by atoms with Crippen molar-refractivity contribution in [2.24, 2.45) is 0 Å². The highest BCUT2D eigenvalue weighted by molar-refractivity contribution is 5.92. The number of carbonyl (C=O) groups excluding carboxylic acids is 1. The summed E-state index contributed by atoms with van der Waals surface area (Å²) in [5.74, 6) is 1.36. The smallest absolute Gasteiger partial charge is 0.237 e.